The monoisotopic (exact) mass is 373 g/mol. The van der Waals surface area contributed by atoms with Crippen molar-refractivity contribution < 1.29 is 14.7 Å². The second-order valence-electron chi connectivity index (χ2n) is 6.20. The zero-order valence-electron chi connectivity index (χ0n) is 15.6. The average Bonchev–Trinajstić information content (AvgIpc) is 2.55. The molecule has 1 amide bonds. The molecular weight excluding hydrogens is 350 g/mol. The highest BCUT2D eigenvalue weighted by atomic mass is 32.2. The number of aryl methyl sites for hydroxylation is 4. The first-order chi connectivity index (χ1) is 12.2. The Bertz CT molecular complexity index is 842. The van der Waals surface area contributed by atoms with E-state index in [1.54, 1.807) is 13.0 Å². The van der Waals surface area contributed by atoms with Crippen molar-refractivity contribution in [1.29, 1.82) is 0 Å². The van der Waals surface area contributed by atoms with Gasteiger partial charge in [-0.15, -0.1) is 0 Å². The maximum absolute atomic E-state index is 12.3. The lowest BCUT2D eigenvalue weighted by molar-refractivity contribution is -0.116. The molecule has 26 heavy (non-hydrogen) atoms. The standard InChI is InChI=1S/C19H23N3O3S/c1-10-8-11(2)16(9-15(10)18(24)25)22-17(23)7-6-14-12(3)20-19(26-5)21-13(14)4/h8-9H,6-7H2,1-5H3,(H,22,23)(H,24,25). The highest BCUT2D eigenvalue weighted by molar-refractivity contribution is 7.98. The Morgan fingerprint density at radius 2 is 1.69 bits per heavy atom. The van der Waals surface area contributed by atoms with E-state index in [0.29, 0.717) is 17.7 Å². The van der Waals surface area contributed by atoms with Gasteiger partial charge in [0, 0.05) is 23.5 Å². The average molecular weight is 373 g/mol. The van der Waals surface area contributed by atoms with Crippen molar-refractivity contribution in [1.82, 2.24) is 9.97 Å². The van der Waals surface area contributed by atoms with E-state index in [1.807, 2.05) is 27.0 Å². The van der Waals surface area contributed by atoms with Crippen molar-refractivity contribution in [3.63, 3.8) is 0 Å². The van der Waals surface area contributed by atoms with Gasteiger partial charge >= 0.3 is 5.97 Å². The number of carboxylic acid groups (broad SMARTS) is 1. The Morgan fingerprint density at radius 3 is 2.23 bits per heavy atom. The van der Waals surface area contributed by atoms with Crippen LogP contribution in [0.15, 0.2) is 17.3 Å². The van der Waals surface area contributed by atoms with Gasteiger partial charge in [-0.3, -0.25) is 4.79 Å². The fraction of sp³-hybridized carbons (Fsp3) is 0.368. The maximum Gasteiger partial charge on any atom is 0.336 e. The zero-order valence-corrected chi connectivity index (χ0v) is 16.5. The third kappa shape index (κ3) is 4.60. The number of aromatic carboxylic acids is 1. The number of carbonyl (C=O) groups is 2. The Morgan fingerprint density at radius 1 is 1.08 bits per heavy atom. The molecule has 0 saturated heterocycles. The normalized spacial score (nSPS) is 10.7. The topological polar surface area (TPSA) is 92.2 Å². The molecule has 6 nitrogen and oxygen atoms in total. The Labute approximate surface area is 157 Å². The number of carboxylic acids is 1. The van der Waals surface area contributed by atoms with E-state index in [4.69, 9.17) is 0 Å². The summed E-state index contributed by atoms with van der Waals surface area (Å²) < 4.78 is 0. The molecule has 0 spiro atoms. The number of amides is 1. The smallest absolute Gasteiger partial charge is 0.336 e. The summed E-state index contributed by atoms with van der Waals surface area (Å²) in [4.78, 5) is 32.5. The second-order valence-corrected chi connectivity index (χ2v) is 6.97. The number of thioether (sulfide) groups is 1. The lowest BCUT2D eigenvalue weighted by atomic mass is 10.0. The molecule has 2 rings (SSSR count). The Hall–Kier alpha value is -2.41. The molecule has 0 aliphatic carbocycles. The first kappa shape index (κ1) is 19.9. The number of hydrogen-bond acceptors (Lipinski definition) is 5. The van der Waals surface area contributed by atoms with Crippen molar-refractivity contribution >= 4 is 29.3 Å². The lowest BCUT2D eigenvalue weighted by Crippen LogP contribution is -2.15. The summed E-state index contributed by atoms with van der Waals surface area (Å²) in [6.45, 7) is 7.43. The summed E-state index contributed by atoms with van der Waals surface area (Å²) in [5, 5.41) is 12.8. The third-order valence-electron chi connectivity index (χ3n) is 4.26. The highest BCUT2D eigenvalue weighted by Gasteiger charge is 2.14. The van der Waals surface area contributed by atoms with Crippen molar-refractivity contribution in [3.05, 3.63) is 45.8 Å². The molecular formula is C19H23N3O3S. The molecule has 1 aromatic heterocycles. The molecule has 7 heteroatoms. The zero-order chi connectivity index (χ0) is 19.4. The molecule has 0 aliphatic rings. The van der Waals surface area contributed by atoms with Crippen LogP contribution in [0.4, 0.5) is 5.69 Å². The van der Waals surface area contributed by atoms with Crippen molar-refractivity contribution in [2.45, 2.75) is 45.7 Å². The molecule has 0 saturated carbocycles. The van der Waals surface area contributed by atoms with E-state index >= 15 is 0 Å². The number of nitrogens with zero attached hydrogens (tertiary/aromatic N) is 2. The van der Waals surface area contributed by atoms with Gasteiger partial charge in [0.25, 0.3) is 0 Å². The number of rotatable bonds is 6. The fourth-order valence-corrected chi connectivity index (χ4v) is 3.29. The summed E-state index contributed by atoms with van der Waals surface area (Å²) in [6, 6.07) is 3.28. The van der Waals surface area contributed by atoms with Gasteiger partial charge in [-0.2, -0.15) is 0 Å². The predicted molar refractivity (Wildman–Crippen MR) is 103 cm³/mol. The van der Waals surface area contributed by atoms with Gasteiger partial charge in [0.1, 0.15) is 0 Å². The summed E-state index contributed by atoms with van der Waals surface area (Å²) in [7, 11) is 0. The molecule has 0 aliphatic heterocycles. The number of anilines is 1. The summed E-state index contributed by atoms with van der Waals surface area (Å²) in [5.74, 6) is -1.17. The Kier molecular flexibility index (Phi) is 6.37. The summed E-state index contributed by atoms with van der Waals surface area (Å²) in [5.41, 5.74) is 4.97. The van der Waals surface area contributed by atoms with Crippen LogP contribution in [0.5, 0.6) is 0 Å². The third-order valence-corrected chi connectivity index (χ3v) is 4.81. The van der Waals surface area contributed by atoms with E-state index in [0.717, 1.165) is 27.7 Å². The van der Waals surface area contributed by atoms with Crippen molar-refractivity contribution in [3.8, 4) is 0 Å². The van der Waals surface area contributed by atoms with Crippen LogP contribution >= 0.6 is 11.8 Å². The van der Waals surface area contributed by atoms with Gasteiger partial charge in [-0.1, -0.05) is 17.8 Å². The van der Waals surface area contributed by atoms with Crippen LogP contribution in [-0.4, -0.2) is 33.2 Å². The Balaban J connectivity index is 2.11. The molecule has 138 valence electrons. The second kappa shape index (κ2) is 8.31. The number of nitrogens with one attached hydrogen (secondary N) is 1. The first-order valence-corrected chi connectivity index (χ1v) is 9.48. The molecule has 1 heterocycles. The molecule has 1 aromatic carbocycles. The van der Waals surface area contributed by atoms with E-state index in [1.165, 1.54) is 17.8 Å². The molecule has 2 N–H and O–H groups in total. The number of carbonyl (C=O) groups excluding carboxylic acids is 1. The van der Waals surface area contributed by atoms with E-state index < -0.39 is 5.97 Å². The van der Waals surface area contributed by atoms with Crippen LogP contribution in [0, 0.1) is 27.7 Å². The first-order valence-electron chi connectivity index (χ1n) is 8.25. The largest absolute Gasteiger partial charge is 0.478 e. The minimum absolute atomic E-state index is 0.166. The van der Waals surface area contributed by atoms with Crippen LogP contribution < -0.4 is 5.32 Å². The van der Waals surface area contributed by atoms with Gasteiger partial charge in [-0.05, 0) is 63.1 Å². The number of hydrogen-bond donors (Lipinski definition) is 2. The molecule has 0 unspecified atom stereocenters. The van der Waals surface area contributed by atoms with Gasteiger partial charge in [-0.25, -0.2) is 14.8 Å². The van der Waals surface area contributed by atoms with Crippen LogP contribution in [-0.2, 0) is 11.2 Å². The lowest BCUT2D eigenvalue weighted by Gasteiger charge is -2.13. The predicted octanol–water partition coefficient (Wildman–Crippen LogP) is 3.70. The molecule has 0 fully saturated rings. The molecule has 0 bridgehead atoms. The minimum atomic E-state index is -1.00. The van der Waals surface area contributed by atoms with Gasteiger partial charge in [0.2, 0.25) is 5.91 Å². The molecule has 0 radical (unpaired) electrons. The van der Waals surface area contributed by atoms with Crippen LogP contribution in [0.3, 0.4) is 0 Å². The van der Waals surface area contributed by atoms with Gasteiger partial charge in [0.15, 0.2) is 5.16 Å². The van der Waals surface area contributed by atoms with Gasteiger partial charge in [0.05, 0.1) is 5.56 Å². The SMILES string of the molecule is CSc1nc(C)c(CCC(=O)Nc2cc(C(=O)O)c(C)cc2C)c(C)n1. The maximum atomic E-state index is 12.3. The van der Waals surface area contributed by atoms with Crippen LogP contribution in [0.2, 0.25) is 0 Å². The quantitative estimate of drug-likeness (QED) is 0.592. The van der Waals surface area contributed by atoms with Crippen molar-refractivity contribution in [2.75, 3.05) is 11.6 Å². The van der Waals surface area contributed by atoms with E-state index in [2.05, 4.69) is 15.3 Å². The van der Waals surface area contributed by atoms with E-state index in [9.17, 15) is 14.7 Å². The number of benzene rings is 1. The number of aromatic nitrogens is 2. The fourth-order valence-electron chi connectivity index (χ4n) is 2.83. The van der Waals surface area contributed by atoms with Crippen LogP contribution in [0.25, 0.3) is 0 Å². The minimum Gasteiger partial charge on any atom is -0.478 e. The summed E-state index contributed by atoms with van der Waals surface area (Å²) >= 11 is 1.49. The van der Waals surface area contributed by atoms with Crippen LogP contribution in [0.1, 0.15) is 44.9 Å². The summed E-state index contributed by atoms with van der Waals surface area (Å²) in [6.07, 6.45) is 2.74. The van der Waals surface area contributed by atoms with E-state index in [-0.39, 0.29) is 17.9 Å². The molecule has 2 aromatic rings. The molecule has 0 atom stereocenters. The van der Waals surface area contributed by atoms with Crippen molar-refractivity contribution in [2.24, 2.45) is 0 Å². The van der Waals surface area contributed by atoms with Gasteiger partial charge < -0.3 is 10.4 Å². The highest BCUT2D eigenvalue weighted by Crippen LogP contribution is 2.22.